The highest BCUT2D eigenvalue weighted by Gasteiger charge is 2.14. The van der Waals surface area contributed by atoms with Crippen molar-refractivity contribution in [2.75, 3.05) is 39.3 Å². The molecule has 0 bridgehead atoms. The Bertz CT molecular complexity index is 850. The maximum atomic E-state index is 12.2. The van der Waals surface area contributed by atoms with Gasteiger partial charge in [-0.1, -0.05) is 6.07 Å². The lowest BCUT2D eigenvalue weighted by molar-refractivity contribution is 0.0951. The van der Waals surface area contributed by atoms with Crippen LogP contribution in [0.3, 0.4) is 0 Å². The van der Waals surface area contributed by atoms with Gasteiger partial charge in [0.1, 0.15) is 5.82 Å². The third-order valence-electron chi connectivity index (χ3n) is 3.75. The number of pyridine rings is 1. The van der Waals surface area contributed by atoms with Crippen LogP contribution in [0.5, 0.6) is 0 Å². The third-order valence-corrected chi connectivity index (χ3v) is 5.22. The van der Waals surface area contributed by atoms with Gasteiger partial charge in [0, 0.05) is 46.1 Å². The normalized spacial score (nSPS) is 11.2. The van der Waals surface area contributed by atoms with Crippen LogP contribution in [0.4, 0.5) is 5.82 Å². The Hall–Kier alpha value is -2.49. The van der Waals surface area contributed by atoms with E-state index in [-0.39, 0.29) is 24.0 Å². The van der Waals surface area contributed by atoms with Crippen LogP contribution in [0, 0.1) is 0 Å². The molecule has 8 nitrogen and oxygen atoms in total. The third kappa shape index (κ3) is 6.02. The molecule has 0 aliphatic heterocycles. The minimum absolute atomic E-state index is 0.0960. The zero-order valence-corrected chi connectivity index (χ0v) is 16.4. The van der Waals surface area contributed by atoms with Gasteiger partial charge in [0.05, 0.1) is 11.5 Å². The molecule has 2 N–H and O–H groups in total. The van der Waals surface area contributed by atoms with Gasteiger partial charge in [-0.2, -0.15) is 0 Å². The number of nitrogens with one attached hydrogen (secondary N) is 2. The van der Waals surface area contributed by atoms with Crippen LogP contribution in [-0.4, -0.2) is 53.7 Å². The maximum absolute atomic E-state index is 12.2. The summed E-state index contributed by atoms with van der Waals surface area (Å²) in [4.78, 5) is 18.5. The fraction of sp³-hybridized carbons (Fsp3) is 0.333. The highest BCUT2D eigenvalue weighted by molar-refractivity contribution is 7.89. The molecule has 0 radical (unpaired) electrons. The number of nitrogens with zero attached hydrogens (tertiary/aromatic N) is 2. The van der Waals surface area contributed by atoms with Crippen molar-refractivity contribution in [2.45, 2.75) is 11.4 Å². The van der Waals surface area contributed by atoms with Gasteiger partial charge in [0.25, 0.3) is 5.91 Å². The lowest BCUT2D eigenvalue weighted by atomic mass is 10.2. The number of anilines is 1. The van der Waals surface area contributed by atoms with Crippen LogP contribution in [0.15, 0.2) is 47.5 Å². The van der Waals surface area contributed by atoms with E-state index in [0.29, 0.717) is 12.1 Å². The molecule has 0 aliphatic rings. The Morgan fingerprint density at radius 1 is 1.15 bits per heavy atom. The summed E-state index contributed by atoms with van der Waals surface area (Å²) in [6, 6.07) is 9.53. The summed E-state index contributed by atoms with van der Waals surface area (Å²) in [6.45, 7) is 0.796. The molecule has 0 saturated carbocycles. The number of benzene rings is 1. The predicted octanol–water partition coefficient (Wildman–Crippen LogP) is 1.00. The predicted molar refractivity (Wildman–Crippen MR) is 103 cm³/mol. The number of methoxy groups -OCH3 is 1. The van der Waals surface area contributed by atoms with Crippen LogP contribution in [0.2, 0.25) is 0 Å². The molecule has 0 atom stereocenters. The zero-order chi connectivity index (χ0) is 19.9. The van der Waals surface area contributed by atoms with Gasteiger partial charge in [0.2, 0.25) is 10.0 Å². The molecular formula is C18H24N4O4S. The van der Waals surface area contributed by atoms with Crippen LogP contribution >= 0.6 is 0 Å². The van der Waals surface area contributed by atoms with Crippen molar-refractivity contribution in [3.63, 3.8) is 0 Å². The Kier molecular flexibility index (Phi) is 7.28. The van der Waals surface area contributed by atoms with Gasteiger partial charge in [-0.3, -0.25) is 4.79 Å². The van der Waals surface area contributed by atoms with Crippen molar-refractivity contribution in [1.29, 1.82) is 0 Å². The molecule has 1 aromatic carbocycles. The van der Waals surface area contributed by atoms with Gasteiger partial charge < -0.3 is 15.0 Å². The summed E-state index contributed by atoms with van der Waals surface area (Å²) in [5, 5.41) is 2.79. The molecule has 146 valence electrons. The topological polar surface area (TPSA) is 101 Å². The smallest absolute Gasteiger partial charge is 0.251 e. The first-order valence-electron chi connectivity index (χ1n) is 8.32. The lowest BCUT2D eigenvalue weighted by Crippen LogP contribution is -2.27. The molecule has 27 heavy (non-hydrogen) atoms. The van der Waals surface area contributed by atoms with Gasteiger partial charge in [-0.05, 0) is 35.9 Å². The number of amides is 1. The molecule has 1 aromatic heterocycles. The summed E-state index contributed by atoms with van der Waals surface area (Å²) in [5.74, 6) is 0.545. The van der Waals surface area contributed by atoms with E-state index in [1.165, 1.54) is 31.4 Å². The fourth-order valence-corrected chi connectivity index (χ4v) is 3.23. The number of rotatable bonds is 9. The molecule has 9 heteroatoms. The lowest BCUT2D eigenvalue weighted by Gasteiger charge is -2.11. The van der Waals surface area contributed by atoms with Crippen molar-refractivity contribution in [2.24, 2.45) is 0 Å². The second-order valence-electron chi connectivity index (χ2n) is 6.02. The van der Waals surface area contributed by atoms with E-state index in [4.69, 9.17) is 4.74 Å². The Morgan fingerprint density at radius 2 is 1.85 bits per heavy atom. The van der Waals surface area contributed by atoms with E-state index in [1.54, 1.807) is 6.20 Å². The molecule has 0 spiro atoms. The first-order chi connectivity index (χ1) is 12.8. The Labute approximate surface area is 159 Å². The highest BCUT2D eigenvalue weighted by atomic mass is 32.2. The van der Waals surface area contributed by atoms with E-state index in [1.807, 2.05) is 31.1 Å². The second-order valence-corrected chi connectivity index (χ2v) is 7.78. The van der Waals surface area contributed by atoms with E-state index < -0.39 is 10.0 Å². The number of hydrogen-bond donors (Lipinski definition) is 2. The Balaban J connectivity index is 1.95. The average Bonchev–Trinajstić information content (AvgIpc) is 2.66. The van der Waals surface area contributed by atoms with Crippen LogP contribution in [0.1, 0.15) is 15.9 Å². The van der Waals surface area contributed by atoms with Gasteiger partial charge in [-0.15, -0.1) is 0 Å². The van der Waals surface area contributed by atoms with E-state index >= 15 is 0 Å². The summed E-state index contributed by atoms with van der Waals surface area (Å²) < 4.78 is 31.4. The quantitative estimate of drug-likeness (QED) is 0.618. The van der Waals surface area contributed by atoms with Crippen molar-refractivity contribution < 1.29 is 17.9 Å². The first-order valence-corrected chi connectivity index (χ1v) is 9.81. The number of carbonyl (C=O) groups excluding carboxylic acids is 1. The fourth-order valence-electron chi connectivity index (χ4n) is 2.22. The molecule has 0 aliphatic carbocycles. The Morgan fingerprint density at radius 3 is 2.41 bits per heavy atom. The van der Waals surface area contributed by atoms with Crippen LogP contribution in [0.25, 0.3) is 0 Å². The largest absolute Gasteiger partial charge is 0.383 e. The molecule has 0 saturated heterocycles. The molecule has 0 fully saturated rings. The average molecular weight is 392 g/mol. The van der Waals surface area contributed by atoms with Crippen molar-refractivity contribution in [3.05, 3.63) is 53.7 Å². The van der Waals surface area contributed by atoms with Crippen molar-refractivity contribution in [3.8, 4) is 0 Å². The van der Waals surface area contributed by atoms with Crippen molar-refractivity contribution >= 4 is 21.7 Å². The summed E-state index contributed by atoms with van der Waals surface area (Å²) in [7, 11) is 1.69. The van der Waals surface area contributed by atoms with E-state index in [0.717, 1.165) is 11.4 Å². The minimum atomic E-state index is -3.62. The number of hydrogen-bond acceptors (Lipinski definition) is 6. The molecule has 2 rings (SSSR count). The van der Waals surface area contributed by atoms with Crippen LogP contribution < -0.4 is 14.9 Å². The molecule has 2 aromatic rings. The number of carbonyl (C=O) groups is 1. The van der Waals surface area contributed by atoms with Gasteiger partial charge in [-0.25, -0.2) is 18.1 Å². The highest BCUT2D eigenvalue weighted by Crippen LogP contribution is 2.11. The maximum Gasteiger partial charge on any atom is 0.251 e. The monoisotopic (exact) mass is 392 g/mol. The molecule has 0 unspecified atom stereocenters. The van der Waals surface area contributed by atoms with Crippen molar-refractivity contribution in [1.82, 2.24) is 15.0 Å². The van der Waals surface area contributed by atoms with E-state index in [9.17, 15) is 13.2 Å². The number of sulfonamides is 1. The number of ether oxygens (including phenoxy) is 1. The van der Waals surface area contributed by atoms with Crippen LogP contribution in [-0.2, 0) is 21.3 Å². The van der Waals surface area contributed by atoms with Gasteiger partial charge in [0.15, 0.2) is 0 Å². The summed E-state index contributed by atoms with van der Waals surface area (Å²) in [5.41, 5.74) is 1.25. The second kappa shape index (κ2) is 9.45. The minimum Gasteiger partial charge on any atom is -0.383 e. The SMILES string of the molecule is COCCNS(=O)(=O)c1ccc(C(=O)NCc2ccc(N(C)C)nc2)cc1. The summed E-state index contributed by atoms with van der Waals surface area (Å²) >= 11 is 0. The number of aromatic nitrogens is 1. The van der Waals surface area contributed by atoms with E-state index in [2.05, 4.69) is 15.0 Å². The van der Waals surface area contributed by atoms with Gasteiger partial charge >= 0.3 is 0 Å². The molecule has 1 heterocycles. The zero-order valence-electron chi connectivity index (χ0n) is 15.6. The first kappa shape index (κ1) is 20.8. The molecule has 1 amide bonds. The molecular weight excluding hydrogens is 368 g/mol. The standard InChI is InChI=1S/C18H24N4O4S/c1-22(2)17-9-4-14(12-19-17)13-20-18(23)15-5-7-16(8-6-15)27(24,25)21-10-11-26-3/h4-9,12,21H,10-11,13H2,1-3H3,(H,20,23). The summed E-state index contributed by atoms with van der Waals surface area (Å²) in [6.07, 6.45) is 1.71.